The van der Waals surface area contributed by atoms with Gasteiger partial charge in [-0.25, -0.2) is 0 Å². The summed E-state index contributed by atoms with van der Waals surface area (Å²) in [6.45, 7) is 0. The van der Waals surface area contributed by atoms with Crippen molar-refractivity contribution in [3.63, 3.8) is 0 Å². The van der Waals surface area contributed by atoms with Gasteiger partial charge in [0, 0.05) is 89.0 Å². The lowest BCUT2D eigenvalue weighted by Gasteiger charge is -2.27. The third kappa shape index (κ3) is 8.71. The van der Waals surface area contributed by atoms with Crippen LogP contribution in [0.2, 0.25) is 0 Å². The van der Waals surface area contributed by atoms with Crippen molar-refractivity contribution in [2.24, 2.45) is 0 Å². The van der Waals surface area contributed by atoms with Crippen LogP contribution in [0.25, 0.3) is 121 Å². The number of rotatable bonds is 11. The summed E-state index contributed by atoms with van der Waals surface area (Å²) in [6, 6.07) is 104. The topological polar surface area (TPSA) is 55.1 Å². The van der Waals surface area contributed by atoms with Crippen molar-refractivity contribution in [1.29, 1.82) is 0 Å². The van der Waals surface area contributed by atoms with Crippen LogP contribution in [-0.2, 0) is 0 Å². The molecule has 18 rings (SSSR count). The van der Waals surface area contributed by atoms with E-state index in [2.05, 4.69) is 289 Å². The summed E-state index contributed by atoms with van der Waals surface area (Å²) in [5.41, 5.74) is 23.9. The zero-order valence-electron chi connectivity index (χ0n) is 48.7. The molecular formula is C84H54N2O4. The molecule has 4 heterocycles. The molecule has 0 saturated carbocycles. The number of nitrogens with zero attached hydrogens (tertiary/aromatic N) is 2. The van der Waals surface area contributed by atoms with Crippen molar-refractivity contribution < 1.29 is 18.0 Å². The second-order valence-corrected chi connectivity index (χ2v) is 23.5. The predicted octanol–water partition coefficient (Wildman–Crippen LogP) is 23.6. The van der Waals surface area contributed by atoms with Crippen LogP contribution in [0.4, 0.5) is 34.1 Å². The minimum Gasteiger partial charge on any atom is -0.485 e. The lowest BCUT2D eigenvalue weighted by molar-refractivity contribution is 0.269. The van der Waals surface area contributed by atoms with E-state index in [0.717, 1.165) is 156 Å². The number of para-hydroxylation sites is 5. The van der Waals surface area contributed by atoms with E-state index in [1.54, 1.807) is 0 Å². The molecule has 3 aromatic heterocycles. The van der Waals surface area contributed by atoms with Gasteiger partial charge in [-0.2, -0.15) is 0 Å². The van der Waals surface area contributed by atoms with Crippen LogP contribution in [-0.4, -0.2) is 6.10 Å². The molecule has 424 valence electrons. The molecule has 6 heteroatoms. The highest BCUT2D eigenvalue weighted by molar-refractivity contribution is 6.11. The number of fused-ring (bicyclic) bond motifs is 12. The number of allylic oxidation sites excluding steroid dienone is 2. The third-order valence-electron chi connectivity index (χ3n) is 18.3. The largest absolute Gasteiger partial charge is 0.485 e. The van der Waals surface area contributed by atoms with Crippen molar-refractivity contribution in [2.75, 3.05) is 9.80 Å². The zero-order valence-corrected chi connectivity index (χ0v) is 48.7. The van der Waals surface area contributed by atoms with Crippen LogP contribution in [0.5, 0.6) is 5.75 Å². The smallest absolute Gasteiger partial charge is 0.143 e. The third-order valence-corrected chi connectivity index (χ3v) is 18.3. The number of benzene rings is 13. The summed E-state index contributed by atoms with van der Waals surface area (Å²) in [7, 11) is 0. The van der Waals surface area contributed by atoms with E-state index in [0.29, 0.717) is 0 Å². The van der Waals surface area contributed by atoms with E-state index in [1.807, 2.05) is 36.4 Å². The lowest BCUT2D eigenvalue weighted by atomic mass is 9.90. The Labute approximate surface area is 519 Å². The van der Waals surface area contributed by atoms with Gasteiger partial charge in [-0.1, -0.05) is 194 Å². The predicted molar refractivity (Wildman–Crippen MR) is 370 cm³/mol. The van der Waals surface area contributed by atoms with Gasteiger partial charge in [0.2, 0.25) is 0 Å². The highest BCUT2D eigenvalue weighted by Crippen LogP contribution is 2.46. The highest BCUT2D eigenvalue weighted by Gasteiger charge is 2.32. The minimum atomic E-state index is 0.0469. The lowest BCUT2D eigenvalue weighted by Crippen LogP contribution is -2.15. The number of ether oxygens (including phenoxy) is 1. The SMILES string of the molecule is C1=CC2Oc3ccc(-c4ccc(N(c5ccc(-c6ccc(N(c7ccc(-c8ccc9oc%10ccccc%10c9c8)cc7)c7ccc(-c8cccc9c8oc8ccccc89)cc7)cc6)cc5)c5ccc(-c6cccc7c6oc6ccccc67)cc5)cc4)cc3C2C=C1. The molecule has 2 unspecified atom stereocenters. The fraction of sp³-hybridized carbons (Fsp3) is 0.0238. The number of hydrogen-bond acceptors (Lipinski definition) is 6. The first-order valence-corrected chi connectivity index (χ1v) is 30.7. The van der Waals surface area contributed by atoms with Crippen LogP contribution < -0.4 is 14.5 Å². The van der Waals surface area contributed by atoms with Gasteiger partial charge >= 0.3 is 0 Å². The first kappa shape index (κ1) is 51.4. The second-order valence-electron chi connectivity index (χ2n) is 23.5. The molecule has 90 heavy (non-hydrogen) atoms. The maximum absolute atomic E-state index is 6.50. The fourth-order valence-corrected chi connectivity index (χ4v) is 13.8. The Kier molecular flexibility index (Phi) is 12.0. The monoisotopic (exact) mass is 1150 g/mol. The summed E-state index contributed by atoms with van der Waals surface area (Å²) in [6.07, 6.45) is 8.64. The average Bonchev–Trinajstić information content (AvgIpc) is 4.11. The molecule has 0 bridgehead atoms. The minimum absolute atomic E-state index is 0.0469. The van der Waals surface area contributed by atoms with E-state index in [1.165, 1.54) is 11.1 Å². The molecule has 0 N–H and O–H groups in total. The standard InChI is InChI=1S/C84H54N2O4/c1-7-21-79-69(11-1)73-17-9-15-67(83(73)89-79)57-31-45-65(46-32-57)85(63-41-27-55(28-42-63)59-35-49-81-75(51-59)71-13-3-5-19-77(71)87-81)61-37-23-53(24-38-61)54-25-39-62(40-26-54)86(64-43-29-56(30-44-64)60-36-50-82-76(52-60)72-14-4-6-20-78(72)88-82)66-47-33-58(34-48-66)68-16-10-18-74-70-12-2-8-22-80(70)90-84(68)74/h1-52,71,77H. The molecule has 0 saturated heterocycles. The van der Waals surface area contributed by atoms with E-state index >= 15 is 0 Å². The molecular weight excluding hydrogens is 1100 g/mol. The van der Waals surface area contributed by atoms with Crippen LogP contribution in [0.1, 0.15) is 11.5 Å². The fourth-order valence-electron chi connectivity index (χ4n) is 13.8. The van der Waals surface area contributed by atoms with E-state index in [9.17, 15) is 0 Å². The Balaban J connectivity index is 0.680. The molecule has 0 spiro atoms. The van der Waals surface area contributed by atoms with Gasteiger partial charge in [-0.15, -0.1) is 0 Å². The molecule has 2 aliphatic rings. The Morgan fingerprint density at radius 1 is 0.256 bits per heavy atom. The summed E-state index contributed by atoms with van der Waals surface area (Å²) < 4.78 is 25.5. The van der Waals surface area contributed by atoms with Crippen LogP contribution in [0.15, 0.2) is 329 Å². The Morgan fingerprint density at radius 2 is 0.611 bits per heavy atom. The van der Waals surface area contributed by atoms with Gasteiger partial charge in [-0.05, 0) is 166 Å². The van der Waals surface area contributed by atoms with Crippen molar-refractivity contribution in [2.45, 2.75) is 12.0 Å². The van der Waals surface area contributed by atoms with E-state index < -0.39 is 0 Å². The Hall–Kier alpha value is -11.9. The van der Waals surface area contributed by atoms with Crippen LogP contribution in [0.3, 0.4) is 0 Å². The molecule has 1 aliphatic heterocycles. The molecule has 0 fully saturated rings. The first-order valence-electron chi connectivity index (χ1n) is 30.7. The average molecular weight is 1160 g/mol. The van der Waals surface area contributed by atoms with Gasteiger partial charge in [0.1, 0.15) is 45.4 Å². The summed E-state index contributed by atoms with van der Waals surface area (Å²) in [4.78, 5) is 4.67. The van der Waals surface area contributed by atoms with E-state index in [-0.39, 0.29) is 12.0 Å². The van der Waals surface area contributed by atoms with Crippen molar-refractivity contribution in [3.05, 3.63) is 321 Å². The zero-order chi connectivity index (χ0) is 59.2. The maximum atomic E-state index is 6.50. The number of anilines is 6. The normalized spacial score (nSPS) is 14.2. The van der Waals surface area contributed by atoms with Gasteiger partial charge in [0.15, 0.2) is 0 Å². The molecule has 0 radical (unpaired) electrons. The molecule has 2 atom stereocenters. The van der Waals surface area contributed by atoms with Gasteiger partial charge in [0.05, 0.1) is 0 Å². The highest BCUT2D eigenvalue weighted by atomic mass is 16.5. The van der Waals surface area contributed by atoms with Gasteiger partial charge in [0.25, 0.3) is 0 Å². The molecule has 1 aliphatic carbocycles. The Morgan fingerprint density at radius 3 is 1.09 bits per heavy atom. The number of hydrogen-bond donors (Lipinski definition) is 0. The number of furan rings is 3. The van der Waals surface area contributed by atoms with Crippen molar-refractivity contribution in [1.82, 2.24) is 0 Å². The maximum Gasteiger partial charge on any atom is 0.143 e. The van der Waals surface area contributed by atoms with Crippen molar-refractivity contribution >= 4 is 99.9 Å². The van der Waals surface area contributed by atoms with E-state index in [4.69, 9.17) is 18.0 Å². The molecule has 13 aromatic carbocycles. The van der Waals surface area contributed by atoms with Crippen LogP contribution in [0, 0.1) is 0 Å². The molecule has 0 amide bonds. The Bertz CT molecular complexity index is 5500. The summed E-state index contributed by atoms with van der Waals surface area (Å²) >= 11 is 0. The van der Waals surface area contributed by atoms with Crippen LogP contribution >= 0.6 is 0 Å². The molecule has 6 nitrogen and oxygen atoms in total. The molecule has 16 aromatic rings. The van der Waals surface area contributed by atoms with Gasteiger partial charge in [-0.3, -0.25) is 0 Å². The van der Waals surface area contributed by atoms with Gasteiger partial charge < -0.3 is 27.8 Å². The quantitative estimate of drug-likeness (QED) is 0.129. The summed E-state index contributed by atoms with van der Waals surface area (Å²) in [5.74, 6) is 1.18. The second kappa shape index (κ2) is 20.9. The summed E-state index contributed by atoms with van der Waals surface area (Å²) in [5, 5.41) is 6.70. The first-order chi connectivity index (χ1) is 44.6. The van der Waals surface area contributed by atoms with Crippen molar-refractivity contribution in [3.8, 4) is 61.4 Å².